The molecule has 1 aromatic carbocycles. The molecule has 0 aliphatic heterocycles. The molecule has 122 valence electrons. The third-order valence-corrected chi connectivity index (χ3v) is 4.24. The summed E-state index contributed by atoms with van der Waals surface area (Å²) in [7, 11) is 1.80. The monoisotopic (exact) mass is 306 g/mol. The highest BCUT2D eigenvalue weighted by molar-refractivity contribution is 5.67. The summed E-state index contributed by atoms with van der Waals surface area (Å²) in [6, 6.07) is 10.1. The molecule has 0 heterocycles. The van der Waals surface area contributed by atoms with Gasteiger partial charge in [0.15, 0.2) is 0 Å². The van der Waals surface area contributed by atoms with Crippen LogP contribution in [-0.2, 0) is 11.3 Å². The number of aliphatic hydroxyl groups excluding tert-OH is 1. The van der Waals surface area contributed by atoms with Crippen molar-refractivity contribution in [1.82, 2.24) is 10.2 Å². The highest BCUT2D eigenvalue weighted by Crippen LogP contribution is 2.23. The zero-order valence-electron chi connectivity index (χ0n) is 13.2. The lowest BCUT2D eigenvalue weighted by atomic mass is 9.89. The molecule has 0 bridgehead atoms. The molecule has 5 heteroatoms. The molecule has 0 aromatic heterocycles. The van der Waals surface area contributed by atoms with Crippen molar-refractivity contribution in [3.8, 4) is 0 Å². The number of hydrogen-bond acceptors (Lipinski definition) is 4. The van der Waals surface area contributed by atoms with Gasteiger partial charge in [-0.25, -0.2) is 4.79 Å². The van der Waals surface area contributed by atoms with Crippen LogP contribution < -0.4 is 5.32 Å². The fourth-order valence-corrected chi connectivity index (χ4v) is 3.02. The van der Waals surface area contributed by atoms with Crippen molar-refractivity contribution >= 4 is 6.09 Å². The first-order valence-corrected chi connectivity index (χ1v) is 8.00. The van der Waals surface area contributed by atoms with E-state index in [1.165, 1.54) is 0 Å². The Hall–Kier alpha value is -1.59. The fraction of sp³-hybridized carbons (Fsp3) is 0.588. The molecule has 2 N–H and O–H groups in total. The largest absolute Gasteiger partial charge is 0.445 e. The predicted molar refractivity (Wildman–Crippen MR) is 85.5 cm³/mol. The number of nitrogens with one attached hydrogen (secondary N) is 1. The Morgan fingerprint density at radius 1 is 1.32 bits per heavy atom. The predicted octanol–water partition coefficient (Wildman–Crippen LogP) is 2.15. The van der Waals surface area contributed by atoms with Crippen LogP contribution in [0.5, 0.6) is 0 Å². The Balaban J connectivity index is 1.87. The summed E-state index contributed by atoms with van der Waals surface area (Å²) >= 11 is 0. The molecule has 1 aliphatic rings. The Bertz CT molecular complexity index is 452. The van der Waals surface area contributed by atoms with E-state index in [9.17, 15) is 4.79 Å². The van der Waals surface area contributed by atoms with Crippen molar-refractivity contribution in [3.05, 3.63) is 35.9 Å². The number of benzene rings is 1. The van der Waals surface area contributed by atoms with Gasteiger partial charge < -0.3 is 20.1 Å². The van der Waals surface area contributed by atoms with Crippen LogP contribution in [0.25, 0.3) is 0 Å². The van der Waals surface area contributed by atoms with Crippen LogP contribution in [0.3, 0.4) is 0 Å². The molecule has 1 aliphatic carbocycles. The molecule has 22 heavy (non-hydrogen) atoms. The lowest BCUT2D eigenvalue weighted by Gasteiger charge is -2.37. The van der Waals surface area contributed by atoms with Crippen molar-refractivity contribution in [2.24, 2.45) is 0 Å². The maximum atomic E-state index is 12.3. The first kappa shape index (κ1) is 16.8. The van der Waals surface area contributed by atoms with Crippen molar-refractivity contribution in [1.29, 1.82) is 0 Å². The summed E-state index contributed by atoms with van der Waals surface area (Å²) in [6.45, 7) is 0.977. The van der Waals surface area contributed by atoms with Gasteiger partial charge in [-0.05, 0) is 18.4 Å². The van der Waals surface area contributed by atoms with Gasteiger partial charge in [0.25, 0.3) is 0 Å². The van der Waals surface area contributed by atoms with Gasteiger partial charge in [-0.1, -0.05) is 43.2 Å². The van der Waals surface area contributed by atoms with Crippen molar-refractivity contribution in [2.45, 2.75) is 44.4 Å². The molecule has 1 fully saturated rings. The highest BCUT2D eigenvalue weighted by atomic mass is 16.6. The van der Waals surface area contributed by atoms with E-state index in [1.54, 1.807) is 11.9 Å². The normalized spacial score (nSPS) is 21.4. The Morgan fingerprint density at radius 3 is 2.77 bits per heavy atom. The molecule has 2 rings (SSSR count). The van der Waals surface area contributed by atoms with Crippen molar-refractivity contribution in [3.63, 3.8) is 0 Å². The number of ether oxygens (including phenoxy) is 1. The molecule has 1 aromatic rings. The van der Waals surface area contributed by atoms with Crippen molar-refractivity contribution in [2.75, 3.05) is 20.2 Å². The fourth-order valence-electron chi connectivity index (χ4n) is 3.02. The molecular formula is C17H26N2O3. The molecular weight excluding hydrogens is 280 g/mol. The average Bonchev–Trinajstić information content (AvgIpc) is 2.58. The summed E-state index contributed by atoms with van der Waals surface area (Å²) in [6.07, 6.45) is 4.00. The summed E-state index contributed by atoms with van der Waals surface area (Å²) in [4.78, 5) is 14.0. The van der Waals surface area contributed by atoms with Gasteiger partial charge in [0.1, 0.15) is 6.61 Å². The summed E-state index contributed by atoms with van der Waals surface area (Å²) in [5, 5.41) is 12.3. The van der Waals surface area contributed by atoms with E-state index in [0.717, 1.165) is 31.2 Å². The Morgan fingerprint density at radius 2 is 2.05 bits per heavy atom. The van der Waals surface area contributed by atoms with Crippen LogP contribution in [0, 0.1) is 0 Å². The molecule has 2 atom stereocenters. The van der Waals surface area contributed by atoms with Gasteiger partial charge in [-0.15, -0.1) is 0 Å². The van der Waals surface area contributed by atoms with Crippen LogP contribution in [0.4, 0.5) is 4.79 Å². The third-order valence-electron chi connectivity index (χ3n) is 4.24. The van der Waals surface area contributed by atoms with Crippen LogP contribution in [-0.4, -0.2) is 48.4 Å². The van der Waals surface area contributed by atoms with E-state index in [1.807, 2.05) is 30.3 Å². The van der Waals surface area contributed by atoms with Gasteiger partial charge in [0, 0.05) is 19.6 Å². The van der Waals surface area contributed by atoms with Gasteiger partial charge in [-0.3, -0.25) is 0 Å². The lowest BCUT2D eigenvalue weighted by Crippen LogP contribution is -2.52. The van der Waals surface area contributed by atoms with Crippen LogP contribution in [0.15, 0.2) is 30.3 Å². The Kier molecular flexibility index (Phi) is 6.68. The van der Waals surface area contributed by atoms with E-state index in [-0.39, 0.29) is 24.8 Å². The molecule has 1 saturated carbocycles. The molecule has 0 saturated heterocycles. The number of hydrogen-bond donors (Lipinski definition) is 2. The molecule has 0 radical (unpaired) electrons. The van der Waals surface area contributed by atoms with E-state index >= 15 is 0 Å². The zero-order valence-corrected chi connectivity index (χ0v) is 13.2. The Labute approximate surface area is 132 Å². The summed E-state index contributed by atoms with van der Waals surface area (Å²) in [5.41, 5.74) is 0.989. The molecule has 0 spiro atoms. The van der Waals surface area contributed by atoms with Gasteiger partial charge in [-0.2, -0.15) is 0 Å². The number of carbonyl (C=O) groups is 1. The number of nitrogens with zero attached hydrogens (tertiary/aromatic N) is 1. The lowest BCUT2D eigenvalue weighted by molar-refractivity contribution is 0.0736. The summed E-state index contributed by atoms with van der Waals surface area (Å²) in [5.74, 6) is 0. The molecule has 1 amide bonds. The second kappa shape index (κ2) is 8.76. The molecule has 0 unspecified atom stereocenters. The average molecular weight is 306 g/mol. The number of rotatable bonds is 6. The van der Waals surface area contributed by atoms with Crippen LogP contribution in [0.1, 0.15) is 31.2 Å². The molecule has 5 nitrogen and oxygen atoms in total. The second-order valence-electron chi connectivity index (χ2n) is 5.79. The highest BCUT2D eigenvalue weighted by Gasteiger charge is 2.31. The van der Waals surface area contributed by atoms with Crippen molar-refractivity contribution < 1.29 is 14.6 Å². The minimum atomic E-state index is -0.286. The van der Waals surface area contributed by atoms with Crippen LogP contribution >= 0.6 is 0 Å². The quantitative estimate of drug-likeness (QED) is 0.845. The maximum Gasteiger partial charge on any atom is 0.410 e. The zero-order chi connectivity index (χ0) is 15.8. The number of likely N-dealkylation sites (N-methyl/N-ethyl adjacent to an activating group) is 1. The van der Waals surface area contributed by atoms with E-state index in [2.05, 4.69) is 5.32 Å². The topological polar surface area (TPSA) is 61.8 Å². The first-order valence-electron chi connectivity index (χ1n) is 8.00. The number of aliphatic hydroxyl groups is 1. The SMILES string of the molecule is CN(C(=O)OCc1ccccc1)[C@H]1CCCC[C@@H]1NCCO. The third kappa shape index (κ3) is 4.71. The smallest absolute Gasteiger partial charge is 0.410 e. The van der Waals surface area contributed by atoms with E-state index in [0.29, 0.717) is 13.2 Å². The van der Waals surface area contributed by atoms with Gasteiger partial charge in [0.2, 0.25) is 0 Å². The van der Waals surface area contributed by atoms with Crippen LogP contribution in [0.2, 0.25) is 0 Å². The van der Waals surface area contributed by atoms with Gasteiger partial charge >= 0.3 is 6.09 Å². The second-order valence-corrected chi connectivity index (χ2v) is 5.79. The minimum Gasteiger partial charge on any atom is -0.445 e. The standard InChI is InChI=1S/C17H26N2O3/c1-19(16-10-6-5-9-15(16)18-11-12-20)17(21)22-13-14-7-3-2-4-8-14/h2-4,7-8,15-16,18,20H,5-6,9-13H2,1H3/t15-,16-/m0/s1. The maximum absolute atomic E-state index is 12.3. The minimum absolute atomic E-state index is 0.116. The van der Waals surface area contributed by atoms with E-state index in [4.69, 9.17) is 9.84 Å². The number of carbonyl (C=O) groups excluding carboxylic acids is 1. The first-order chi connectivity index (χ1) is 10.7. The number of amides is 1. The van der Waals surface area contributed by atoms with Gasteiger partial charge in [0.05, 0.1) is 12.6 Å². The summed E-state index contributed by atoms with van der Waals surface area (Å²) < 4.78 is 5.41. The van der Waals surface area contributed by atoms with E-state index < -0.39 is 0 Å².